The van der Waals surface area contributed by atoms with Gasteiger partial charge in [-0.3, -0.25) is 0 Å². The molecule has 0 heterocycles. The van der Waals surface area contributed by atoms with Gasteiger partial charge in [0.15, 0.2) is 0 Å². The fourth-order valence-corrected chi connectivity index (χ4v) is 16.3. The third-order valence-corrected chi connectivity index (χ3v) is 22.1. The van der Waals surface area contributed by atoms with Crippen LogP contribution in [0.4, 0.5) is 34.1 Å². The number of aryl methyl sites for hydroxylation is 2. The maximum Gasteiger partial charge on any atom is 0.0620 e. The van der Waals surface area contributed by atoms with Crippen molar-refractivity contribution in [2.45, 2.75) is 106 Å². The van der Waals surface area contributed by atoms with Crippen LogP contribution < -0.4 is 9.80 Å². The van der Waals surface area contributed by atoms with Gasteiger partial charge < -0.3 is 9.80 Å². The van der Waals surface area contributed by atoms with Crippen LogP contribution in [-0.4, -0.2) is 0 Å². The molecule has 528 valence electrons. The summed E-state index contributed by atoms with van der Waals surface area (Å²) < 4.78 is 0. The Hall–Kier alpha value is -12.1. The van der Waals surface area contributed by atoms with E-state index in [0.717, 1.165) is 22.7 Å². The van der Waals surface area contributed by atoms with E-state index in [4.69, 9.17) is 0 Å². The van der Waals surface area contributed by atoms with Gasteiger partial charge in [-0.2, -0.15) is 0 Å². The van der Waals surface area contributed by atoms with Crippen molar-refractivity contribution < 1.29 is 0 Å². The number of hydrogen-bond donors (Lipinski definition) is 0. The lowest BCUT2D eigenvalue weighted by Crippen LogP contribution is -2.17. The Morgan fingerprint density at radius 3 is 0.750 bits per heavy atom. The van der Waals surface area contributed by atoms with Gasteiger partial charge in [0.2, 0.25) is 0 Å². The Morgan fingerprint density at radius 2 is 0.472 bits per heavy atom. The molecule has 2 nitrogen and oxygen atoms in total. The lowest BCUT2D eigenvalue weighted by molar-refractivity contribution is 0.590. The second kappa shape index (κ2) is 29.0. The fraction of sp³-hybridized carbons (Fsp3) is 0.151. The molecule has 0 aliphatic heterocycles. The predicted octanol–water partition coefficient (Wildman–Crippen LogP) is 31.0. The van der Waals surface area contributed by atoms with Gasteiger partial charge in [-0.05, 0) is 218 Å². The van der Waals surface area contributed by atoms with E-state index in [-0.39, 0.29) is 10.8 Å². The van der Waals surface area contributed by atoms with Gasteiger partial charge in [-0.15, -0.1) is 0 Å². The van der Waals surface area contributed by atoms with Crippen LogP contribution in [-0.2, 0) is 10.8 Å². The Bertz CT molecular complexity index is 5670. The first-order valence-corrected chi connectivity index (χ1v) is 38.5. The highest BCUT2D eigenvalue weighted by molar-refractivity contribution is 6.31. The largest absolute Gasteiger partial charge is 0.309 e. The molecule has 0 aliphatic carbocycles. The Labute approximate surface area is 638 Å². The number of nitrogens with zero attached hydrogens (tertiary/aromatic N) is 2. The summed E-state index contributed by atoms with van der Waals surface area (Å²) in [5.41, 5.74) is 27.2. The highest BCUT2D eigenvalue weighted by atomic mass is 15.2. The van der Waals surface area contributed by atoms with E-state index in [1.165, 1.54) is 165 Å². The fourth-order valence-electron chi connectivity index (χ4n) is 16.3. The normalized spacial score (nSPS) is 11.9. The summed E-state index contributed by atoms with van der Waals surface area (Å²) in [5.74, 6) is 0.899. The van der Waals surface area contributed by atoms with Crippen molar-refractivity contribution in [2.24, 2.45) is 0 Å². The van der Waals surface area contributed by atoms with Crippen LogP contribution >= 0.6 is 0 Å². The highest BCUT2D eigenvalue weighted by Gasteiger charge is 2.30. The third kappa shape index (κ3) is 13.2. The molecular formula is C106H94N2. The van der Waals surface area contributed by atoms with Crippen molar-refractivity contribution in [3.63, 3.8) is 0 Å². The number of hydrogen-bond acceptors (Lipinski definition) is 2. The number of anilines is 6. The maximum absolute atomic E-state index is 2.51. The second-order valence-corrected chi connectivity index (χ2v) is 32.1. The van der Waals surface area contributed by atoms with E-state index in [1.54, 1.807) is 0 Å². The summed E-state index contributed by atoms with van der Waals surface area (Å²) in [4.78, 5) is 5.02. The minimum atomic E-state index is -0.0480. The Kier molecular flexibility index (Phi) is 18.8. The van der Waals surface area contributed by atoms with Gasteiger partial charge >= 0.3 is 0 Å². The third-order valence-electron chi connectivity index (χ3n) is 22.1. The summed E-state index contributed by atoms with van der Waals surface area (Å²) in [7, 11) is 0. The summed E-state index contributed by atoms with van der Waals surface area (Å²) in [6.45, 7) is 27.3. The topological polar surface area (TPSA) is 6.48 Å². The molecule has 17 aromatic rings. The van der Waals surface area contributed by atoms with Crippen LogP contribution in [0.2, 0.25) is 0 Å². The molecule has 108 heavy (non-hydrogen) atoms. The zero-order chi connectivity index (χ0) is 74.5. The van der Waals surface area contributed by atoms with Gasteiger partial charge in [-0.1, -0.05) is 359 Å². The molecule has 0 saturated carbocycles. The van der Waals surface area contributed by atoms with Crippen LogP contribution in [0.15, 0.2) is 340 Å². The quantitative estimate of drug-likeness (QED) is 0.0838. The first kappa shape index (κ1) is 70.2. The molecule has 0 saturated heterocycles. The molecule has 0 aromatic heterocycles. The zero-order valence-electron chi connectivity index (χ0n) is 64.4. The zero-order valence-corrected chi connectivity index (χ0v) is 64.4. The van der Waals surface area contributed by atoms with E-state index in [9.17, 15) is 0 Å². The monoisotopic (exact) mass is 1390 g/mol. The summed E-state index contributed by atoms with van der Waals surface area (Å²) in [6.07, 6.45) is 0. The van der Waals surface area contributed by atoms with Gasteiger partial charge in [0.25, 0.3) is 0 Å². The average molecular weight is 1400 g/mol. The molecular weight excluding hydrogens is 1300 g/mol. The van der Waals surface area contributed by atoms with Crippen molar-refractivity contribution in [1.82, 2.24) is 0 Å². The summed E-state index contributed by atoms with van der Waals surface area (Å²) in [6, 6.07) is 126. The smallest absolute Gasteiger partial charge is 0.0620 e. The minimum absolute atomic E-state index is 0.0480. The van der Waals surface area contributed by atoms with Crippen LogP contribution in [0.3, 0.4) is 0 Å². The predicted molar refractivity (Wildman–Crippen MR) is 470 cm³/mol. The van der Waals surface area contributed by atoms with Gasteiger partial charge in [0.05, 0.1) is 11.4 Å². The van der Waals surface area contributed by atoms with E-state index in [2.05, 4.69) is 433 Å². The first-order chi connectivity index (χ1) is 52.4. The molecule has 0 bridgehead atoms. The SMILES string of the molecule is Cc1ccc(N(c2ccc(C(C)C)cc2)c2c3ccc(C(C)(C)C)cc3c(N(c3ccc(C)cc3)c3ccc(C(C)C)cc3)c3ccc(C(C)(C)C)cc23)cc1.c1ccc(-c2ccccc2-c2c3ccccc3c(-c3c4ccccc4c(-c4ccccc4-c4ccccc4)c4ccccc34)c3ccccc23)cc1. The van der Waals surface area contributed by atoms with Crippen molar-refractivity contribution in [2.75, 3.05) is 9.80 Å². The van der Waals surface area contributed by atoms with E-state index in [1.807, 2.05) is 0 Å². The minimum Gasteiger partial charge on any atom is -0.309 e. The molecule has 0 fully saturated rings. The molecule has 0 amide bonds. The van der Waals surface area contributed by atoms with E-state index < -0.39 is 0 Å². The maximum atomic E-state index is 2.51. The lowest BCUT2D eigenvalue weighted by atomic mass is 9.79. The number of rotatable bonds is 13. The first-order valence-electron chi connectivity index (χ1n) is 38.5. The number of benzene rings is 17. The van der Waals surface area contributed by atoms with E-state index in [0.29, 0.717) is 11.8 Å². The molecule has 0 atom stereocenters. The van der Waals surface area contributed by atoms with Gasteiger partial charge in [0.1, 0.15) is 0 Å². The highest BCUT2D eigenvalue weighted by Crippen LogP contribution is 2.55. The lowest BCUT2D eigenvalue weighted by Gasteiger charge is -2.34. The van der Waals surface area contributed by atoms with Crippen LogP contribution in [0.25, 0.3) is 120 Å². The van der Waals surface area contributed by atoms with Crippen molar-refractivity contribution >= 4 is 98.8 Å². The standard InChI is InChI=1S/C54H60N2.C52H34/c1-35(2)39-17-27-45(28-18-39)55(43-23-13-37(5)14-24-43)51-47-31-21-42(54(10,11)12)34-50(47)52(48-32-22-41(33-49(48)51)53(7,8)9)56(44-25-15-38(6)16-26-44)46-29-19-40(20-30-46)36(3)4;1-3-19-35(20-4-1)37-23-7-9-25-39(37)49-41-27-11-15-31-45(41)51(46-32-16-12-28-42(46)49)52-47-33-17-13-29-43(47)50(44-30-14-18-34-48(44)52)40-26-10-8-24-38(40)36-21-5-2-6-22-36/h13-36H,1-12H3;1-34H. The van der Waals surface area contributed by atoms with Crippen LogP contribution in [0.5, 0.6) is 0 Å². The molecule has 0 aliphatic rings. The molecule has 2 heteroatoms. The van der Waals surface area contributed by atoms with E-state index >= 15 is 0 Å². The molecule has 0 radical (unpaired) electrons. The van der Waals surface area contributed by atoms with Gasteiger partial charge in [-0.25, -0.2) is 0 Å². The molecule has 0 spiro atoms. The van der Waals surface area contributed by atoms with Crippen molar-refractivity contribution in [1.29, 1.82) is 0 Å². The Morgan fingerprint density at radius 1 is 0.222 bits per heavy atom. The van der Waals surface area contributed by atoms with Crippen molar-refractivity contribution in [3.8, 4) is 55.6 Å². The summed E-state index contributed by atoms with van der Waals surface area (Å²) in [5, 5.41) is 14.9. The molecule has 0 N–H and O–H groups in total. The van der Waals surface area contributed by atoms with Crippen molar-refractivity contribution in [3.05, 3.63) is 373 Å². The van der Waals surface area contributed by atoms with Crippen LogP contribution in [0, 0.1) is 13.8 Å². The average Bonchev–Trinajstić information content (AvgIpc) is 0.714. The van der Waals surface area contributed by atoms with Gasteiger partial charge in [0, 0.05) is 44.3 Å². The molecule has 17 rings (SSSR count). The molecule has 17 aromatic carbocycles. The Balaban J connectivity index is 0.000000165. The van der Waals surface area contributed by atoms with Crippen LogP contribution in [0.1, 0.15) is 114 Å². The number of fused-ring (bicyclic) bond motifs is 6. The summed E-state index contributed by atoms with van der Waals surface area (Å²) >= 11 is 0. The molecule has 0 unspecified atom stereocenters. The second-order valence-electron chi connectivity index (χ2n) is 32.1.